The Morgan fingerprint density at radius 2 is 2.08 bits per heavy atom. The first kappa shape index (κ1) is 15.4. The second-order valence-corrected chi connectivity index (χ2v) is 7.10. The number of fused-ring (bicyclic) bond motifs is 1. The van der Waals surface area contributed by atoms with E-state index in [1.807, 2.05) is 13.1 Å². The Bertz CT molecular complexity index is 761. The quantitative estimate of drug-likeness (QED) is 0.942. The van der Waals surface area contributed by atoms with Crippen LogP contribution in [0, 0.1) is 12.7 Å². The van der Waals surface area contributed by atoms with Crippen LogP contribution in [-0.4, -0.2) is 21.5 Å². The highest BCUT2D eigenvalue weighted by atomic mass is 19.1. The number of rotatable bonds is 3. The summed E-state index contributed by atoms with van der Waals surface area (Å²) in [4.78, 5) is 17.5. The van der Waals surface area contributed by atoms with Gasteiger partial charge in [-0.3, -0.25) is 4.79 Å². The molecule has 1 amide bonds. The van der Waals surface area contributed by atoms with E-state index in [-0.39, 0.29) is 17.8 Å². The molecule has 1 atom stereocenters. The van der Waals surface area contributed by atoms with Crippen molar-refractivity contribution in [2.75, 3.05) is 0 Å². The number of amides is 1. The van der Waals surface area contributed by atoms with Crippen molar-refractivity contribution >= 4 is 5.91 Å². The summed E-state index contributed by atoms with van der Waals surface area (Å²) in [5.74, 6) is 0.935. The number of hydrogen-bond donors (Lipinski definition) is 1. The van der Waals surface area contributed by atoms with Gasteiger partial charge >= 0.3 is 0 Å². The number of aromatic nitrogens is 2. The number of nitrogens with one attached hydrogen (secondary N) is 1. The molecule has 0 bridgehead atoms. The summed E-state index contributed by atoms with van der Waals surface area (Å²) in [6.07, 6.45) is 6.58. The third kappa shape index (κ3) is 2.52. The summed E-state index contributed by atoms with van der Waals surface area (Å²) in [5.41, 5.74) is 1.49. The van der Waals surface area contributed by atoms with Crippen LogP contribution < -0.4 is 5.32 Å². The van der Waals surface area contributed by atoms with Gasteiger partial charge < -0.3 is 9.88 Å². The van der Waals surface area contributed by atoms with E-state index in [1.54, 1.807) is 12.1 Å². The van der Waals surface area contributed by atoms with Crippen molar-refractivity contribution in [2.45, 2.75) is 57.0 Å². The minimum absolute atomic E-state index is 0.0886. The third-order valence-corrected chi connectivity index (χ3v) is 5.49. The second-order valence-electron chi connectivity index (χ2n) is 7.10. The van der Waals surface area contributed by atoms with Crippen LogP contribution in [0.2, 0.25) is 0 Å². The van der Waals surface area contributed by atoms with Gasteiger partial charge in [0.05, 0.1) is 11.1 Å². The largest absolute Gasteiger partial charge is 0.351 e. The van der Waals surface area contributed by atoms with Crippen LogP contribution in [0.25, 0.3) is 0 Å². The average Bonchev–Trinajstić information content (AvgIpc) is 2.87. The Hall–Kier alpha value is -2.17. The summed E-state index contributed by atoms with van der Waals surface area (Å²) in [7, 11) is 0. The lowest BCUT2D eigenvalue weighted by Crippen LogP contribution is -2.53. The zero-order chi connectivity index (χ0) is 16.7. The van der Waals surface area contributed by atoms with Crippen molar-refractivity contribution in [1.82, 2.24) is 14.9 Å². The summed E-state index contributed by atoms with van der Waals surface area (Å²) in [6.45, 7) is 2.78. The van der Waals surface area contributed by atoms with Crippen molar-refractivity contribution in [3.05, 3.63) is 53.4 Å². The van der Waals surface area contributed by atoms with Crippen LogP contribution in [-0.2, 0) is 23.2 Å². The molecule has 1 fully saturated rings. The predicted octanol–water partition coefficient (Wildman–Crippen LogP) is 2.88. The molecule has 0 radical (unpaired) electrons. The molecule has 1 aliphatic carbocycles. The molecule has 2 heterocycles. The maximum absolute atomic E-state index is 13.2. The van der Waals surface area contributed by atoms with Gasteiger partial charge in [-0.1, -0.05) is 18.6 Å². The SMILES string of the molecule is Cc1cn2c(n1)CCC(NC(=O)C1(c3ccc(F)cc3)CCC1)C2. The van der Waals surface area contributed by atoms with Crippen molar-refractivity contribution in [3.8, 4) is 0 Å². The molecular formula is C19H22FN3O. The van der Waals surface area contributed by atoms with Crippen LogP contribution >= 0.6 is 0 Å². The highest BCUT2D eigenvalue weighted by Crippen LogP contribution is 2.44. The molecule has 1 saturated carbocycles. The Balaban J connectivity index is 1.50. The molecule has 1 N–H and O–H groups in total. The zero-order valence-corrected chi connectivity index (χ0v) is 13.9. The standard InChI is InChI=1S/C19H22FN3O/c1-13-11-23-12-16(7-8-17(23)21-13)22-18(24)19(9-2-10-19)14-3-5-15(20)6-4-14/h3-6,11,16H,2,7-10,12H2,1H3,(H,22,24). The van der Waals surface area contributed by atoms with Crippen LogP contribution in [0.5, 0.6) is 0 Å². The Morgan fingerprint density at radius 3 is 2.75 bits per heavy atom. The lowest BCUT2D eigenvalue weighted by Gasteiger charge is -2.42. The summed E-state index contributed by atoms with van der Waals surface area (Å²) >= 11 is 0. The summed E-state index contributed by atoms with van der Waals surface area (Å²) < 4.78 is 15.4. The maximum atomic E-state index is 13.2. The summed E-state index contributed by atoms with van der Waals surface area (Å²) in [5, 5.41) is 3.24. The molecule has 0 saturated heterocycles. The fourth-order valence-electron chi connectivity index (χ4n) is 3.97. The third-order valence-electron chi connectivity index (χ3n) is 5.49. The minimum atomic E-state index is -0.473. The topological polar surface area (TPSA) is 46.9 Å². The fraction of sp³-hybridized carbons (Fsp3) is 0.474. The average molecular weight is 327 g/mol. The van der Waals surface area contributed by atoms with Crippen molar-refractivity contribution in [3.63, 3.8) is 0 Å². The highest BCUT2D eigenvalue weighted by Gasteiger charge is 2.46. The van der Waals surface area contributed by atoms with Gasteiger partial charge in [-0.05, 0) is 43.9 Å². The first-order valence-corrected chi connectivity index (χ1v) is 8.66. The van der Waals surface area contributed by atoms with E-state index in [9.17, 15) is 9.18 Å². The van der Waals surface area contributed by atoms with Gasteiger partial charge in [-0.15, -0.1) is 0 Å². The van der Waals surface area contributed by atoms with Gasteiger partial charge in [0.15, 0.2) is 0 Å². The van der Waals surface area contributed by atoms with Gasteiger partial charge in [0.25, 0.3) is 0 Å². The van der Waals surface area contributed by atoms with Gasteiger partial charge in [0.1, 0.15) is 11.6 Å². The first-order chi connectivity index (χ1) is 11.6. The molecule has 2 aromatic rings. The number of halogens is 1. The number of nitrogens with zero attached hydrogens (tertiary/aromatic N) is 2. The maximum Gasteiger partial charge on any atom is 0.230 e. The van der Waals surface area contributed by atoms with Crippen molar-refractivity contribution < 1.29 is 9.18 Å². The molecular weight excluding hydrogens is 305 g/mol. The van der Waals surface area contributed by atoms with Crippen molar-refractivity contribution in [1.29, 1.82) is 0 Å². The van der Waals surface area contributed by atoms with Gasteiger partial charge in [-0.25, -0.2) is 9.37 Å². The molecule has 126 valence electrons. The zero-order valence-electron chi connectivity index (χ0n) is 13.9. The van der Waals surface area contributed by atoms with Crippen LogP contribution in [0.15, 0.2) is 30.5 Å². The lowest BCUT2D eigenvalue weighted by molar-refractivity contribution is -0.130. The Morgan fingerprint density at radius 1 is 1.33 bits per heavy atom. The highest BCUT2D eigenvalue weighted by molar-refractivity contribution is 5.89. The Labute approximate surface area is 141 Å². The van der Waals surface area contributed by atoms with Gasteiger partial charge in [0, 0.05) is 25.2 Å². The molecule has 1 aromatic heterocycles. The van der Waals surface area contributed by atoms with Crippen LogP contribution in [0.1, 0.15) is 42.8 Å². The molecule has 0 spiro atoms. The predicted molar refractivity (Wildman–Crippen MR) is 89.1 cm³/mol. The van der Waals surface area contributed by atoms with E-state index in [1.165, 1.54) is 12.1 Å². The molecule has 1 unspecified atom stereocenters. The monoisotopic (exact) mass is 327 g/mol. The normalized spacial score (nSPS) is 21.7. The minimum Gasteiger partial charge on any atom is -0.351 e. The van der Waals surface area contributed by atoms with E-state index >= 15 is 0 Å². The Kier molecular flexibility index (Phi) is 3.66. The number of aryl methyl sites for hydroxylation is 2. The fourth-order valence-corrected chi connectivity index (χ4v) is 3.97. The number of carbonyl (C=O) groups is 1. The van der Waals surface area contributed by atoms with Crippen molar-refractivity contribution in [2.24, 2.45) is 0 Å². The number of imidazole rings is 1. The van der Waals surface area contributed by atoms with Crippen LogP contribution in [0.3, 0.4) is 0 Å². The molecule has 1 aliphatic heterocycles. The van der Waals surface area contributed by atoms with Crippen LogP contribution in [0.4, 0.5) is 4.39 Å². The lowest BCUT2D eigenvalue weighted by atomic mass is 9.63. The smallest absolute Gasteiger partial charge is 0.230 e. The molecule has 24 heavy (non-hydrogen) atoms. The molecule has 4 rings (SSSR count). The molecule has 4 nitrogen and oxygen atoms in total. The van der Waals surface area contributed by atoms with E-state index in [4.69, 9.17) is 0 Å². The second kappa shape index (κ2) is 5.72. The molecule has 1 aromatic carbocycles. The van der Waals surface area contributed by atoms with Gasteiger partial charge in [-0.2, -0.15) is 0 Å². The van der Waals surface area contributed by atoms with E-state index in [2.05, 4.69) is 14.9 Å². The van der Waals surface area contributed by atoms with E-state index in [0.717, 1.165) is 55.7 Å². The van der Waals surface area contributed by atoms with Gasteiger partial charge in [0.2, 0.25) is 5.91 Å². The van der Waals surface area contributed by atoms with E-state index < -0.39 is 5.41 Å². The number of hydrogen-bond acceptors (Lipinski definition) is 2. The van der Waals surface area contributed by atoms with E-state index in [0.29, 0.717) is 0 Å². The molecule has 5 heteroatoms. The first-order valence-electron chi connectivity index (χ1n) is 8.66. The summed E-state index contributed by atoms with van der Waals surface area (Å²) in [6, 6.07) is 6.54. The number of benzene rings is 1. The molecule has 2 aliphatic rings. The number of carbonyl (C=O) groups excluding carboxylic acids is 1.